The van der Waals surface area contributed by atoms with Crippen LogP contribution in [-0.2, 0) is 12.0 Å². The molecule has 60 heavy (non-hydrogen) atoms. The van der Waals surface area contributed by atoms with Crippen molar-refractivity contribution in [1.29, 1.82) is 0 Å². The van der Waals surface area contributed by atoms with Gasteiger partial charge in [0.25, 0.3) is 0 Å². The van der Waals surface area contributed by atoms with Gasteiger partial charge in [0.2, 0.25) is 0 Å². The maximum absolute atomic E-state index is 3.61. The largest absolute Gasteiger partial charge is 0.335 e. The zero-order valence-corrected chi connectivity index (χ0v) is 33.2. The summed E-state index contributed by atoms with van der Waals surface area (Å²) in [5, 5.41) is 5.05. The first-order valence-electron chi connectivity index (χ1n) is 20.8. The van der Waals surface area contributed by atoms with Crippen molar-refractivity contribution in [2.45, 2.75) is 24.9 Å². The van der Waals surface area contributed by atoms with Gasteiger partial charge in [-0.3, -0.25) is 0 Å². The van der Waals surface area contributed by atoms with Crippen LogP contribution in [0.5, 0.6) is 0 Å². The maximum atomic E-state index is 3.61. The van der Waals surface area contributed by atoms with E-state index in [4.69, 9.17) is 0 Å². The Morgan fingerprint density at radius 1 is 0.517 bits per heavy atom. The van der Waals surface area contributed by atoms with E-state index in [0.717, 1.165) is 28.3 Å². The Morgan fingerprint density at radius 3 is 1.65 bits per heavy atom. The van der Waals surface area contributed by atoms with Crippen LogP contribution in [0.25, 0.3) is 49.3 Å². The molecular weight excluding hydrogens is 729 g/mol. The lowest BCUT2D eigenvalue weighted by molar-refractivity contribution is 0.551. The van der Waals surface area contributed by atoms with Gasteiger partial charge in [-0.1, -0.05) is 121 Å². The smallest absolute Gasteiger partial charge is 0.0973 e. The lowest BCUT2D eigenvalue weighted by Crippen LogP contribution is -2.39. The van der Waals surface area contributed by atoms with Gasteiger partial charge >= 0.3 is 0 Å². The van der Waals surface area contributed by atoms with Gasteiger partial charge in [0, 0.05) is 72.0 Å². The number of rotatable bonds is 7. The quantitative estimate of drug-likeness (QED) is 0.161. The molecule has 10 aromatic rings. The number of anilines is 5. The van der Waals surface area contributed by atoms with Crippen LogP contribution in [0.15, 0.2) is 206 Å². The first kappa shape index (κ1) is 34.3. The summed E-state index contributed by atoms with van der Waals surface area (Å²) >= 11 is 0. The number of hydrogen-bond donors (Lipinski definition) is 0. The van der Waals surface area contributed by atoms with Crippen molar-refractivity contribution in [2.75, 3.05) is 9.80 Å². The average molecular weight is 769 g/mol. The molecule has 0 amide bonds. The molecule has 2 aliphatic rings. The standard InChI is InChI=1S/C56H40N4/c1-56-37-13-12-24-55(56)60(54-23-11-6-18-49(54)56)44-35-31-42(32-36-44)58(41-29-33-43(34-30-41)59-52-21-9-4-16-47(52)48-17-5-10-22-53(48)59)40-27-25-39(26-28-40)38-57-50-19-7-2-14-45(50)46-15-3-8-20-51(46)57/h2-25,27,29-37,55H,38H2,1H3. The molecule has 0 fully saturated rings. The molecule has 1 aliphatic heterocycles. The van der Waals surface area contributed by atoms with Gasteiger partial charge in [-0.25, -0.2) is 0 Å². The lowest BCUT2D eigenvalue weighted by atomic mass is 9.76. The minimum atomic E-state index is -0.0973. The second-order valence-electron chi connectivity index (χ2n) is 16.2. The summed E-state index contributed by atoms with van der Waals surface area (Å²) in [4.78, 5) is 4.79. The van der Waals surface area contributed by atoms with Crippen molar-refractivity contribution in [1.82, 2.24) is 9.13 Å². The molecular formula is C56H40N4. The van der Waals surface area contributed by atoms with E-state index in [9.17, 15) is 0 Å². The number of aromatic nitrogens is 2. The van der Waals surface area contributed by atoms with E-state index < -0.39 is 0 Å². The number of benzene rings is 7. The molecule has 1 aliphatic carbocycles. The van der Waals surface area contributed by atoms with Crippen molar-refractivity contribution >= 4 is 72.0 Å². The van der Waals surface area contributed by atoms with E-state index >= 15 is 0 Å². The van der Waals surface area contributed by atoms with E-state index in [2.05, 4.69) is 244 Å². The van der Waals surface area contributed by atoms with Crippen LogP contribution < -0.4 is 9.80 Å². The molecule has 2 aromatic heterocycles. The molecule has 0 bridgehead atoms. The molecule has 284 valence electrons. The number of allylic oxidation sites excluding steroid dienone is 2. The summed E-state index contributed by atoms with van der Waals surface area (Å²) < 4.78 is 4.76. The molecule has 8 aromatic carbocycles. The fourth-order valence-electron chi connectivity index (χ4n) is 10.0. The highest BCUT2D eigenvalue weighted by Crippen LogP contribution is 2.51. The molecule has 0 radical (unpaired) electrons. The Morgan fingerprint density at radius 2 is 1.05 bits per heavy atom. The molecule has 2 atom stereocenters. The zero-order valence-electron chi connectivity index (χ0n) is 33.2. The fraction of sp³-hybridized carbons (Fsp3) is 0.0714. The molecule has 2 unspecified atom stereocenters. The summed E-state index contributed by atoms with van der Waals surface area (Å²) in [5.41, 5.74) is 13.8. The molecule has 0 saturated heterocycles. The van der Waals surface area contributed by atoms with Crippen LogP contribution in [0, 0.1) is 12.1 Å². The van der Waals surface area contributed by atoms with Crippen LogP contribution in [0.2, 0.25) is 0 Å². The minimum absolute atomic E-state index is 0.0973. The summed E-state index contributed by atoms with van der Waals surface area (Å²) in [5.74, 6) is 0. The van der Waals surface area contributed by atoms with Crippen molar-refractivity contribution in [3.05, 3.63) is 230 Å². The van der Waals surface area contributed by atoms with Gasteiger partial charge in [0.05, 0.1) is 29.3 Å². The monoisotopic (exact) mass is 768 g/mol. The number of fused-ring (bicyclic) bond motifs is 9. The van der Waals surface area contributed by atoms with Crippen LogP contribution in [0.1, 0.15) is 18.1 Å². The second-order valence-corrected chi connectivity index (χ2v) is 16.2. The Kier molecular flexibility index (Phi) is 7.67. The van der Waals surface area contributed by atoms with E-state index in [0.29, 0.717) is 6.54 Å². The second kappa shape index (κ2) is 13.4. The fourth-order valence-corrected chi connectivity index (χ4v) is 10.0. The molecule has 4 heteroatoms. The van der Waals surface area contributed by atoms with Crippen LogP contribution in [0.4, 0.5) is 28.4 Å². The van der Waals surface area contributed by atoms with E-state index in [1.54, 1.807) is 0 Å². The first-order chi connectivity index (χ1) is 29.6. The van der Waals surface area contributed by atoms with E-state index in [1.165, 1.54) is 60.5 Å². The van der Waals surface area contributed by atoms with Crippen LogP contribution in [-0.4, -0.2) is 15.2 Å². The van der Waals surface area contributed by atoms with Crippen molar-refractivity contribution in [3.63, 3.8) is 0 Å². The topological polar surface area (TPSA) is 16.3 Å². The molecule has 0 N–H and O–H groups in total. The summed E-state index contributed by atoms with van der Waals surface area (Å²) in [6.07, 6.45) is 9.06. The molecule has 0 spiro atoms. The molecule has 12 rings (SSSR count). The lowest BCUT2D eigenvalue weighted by Gasteiger charge is -2.35. The highest BCUT2D eigenvalue weighted by Gasteiger charge is 2.46. The minimum Gasteiger partial charge on any atom is -0.335 e. The van der Waals surface area contributed by atoms with E-state index in [-0.39, 0.29) is 11.5 Å². The van der Waals surface area contributed by atoms with Crippen LogP contribution >= 0.6 is 0 Å². The Hall–Kier alpha value is -7.74. The Balaban J connectivity index is 0.943. The average Bonchev–Trinajstić information content (AvgIpc) is 3.91. The molecule has 0 saturated carbocycles. The van der Waals surface area contributed by atoms with Gasteiger partial charge in [-0.2, -0.15) is 0 Å². The van der Waals surface area contributed by atoms with Gasteiger partial charge < -0.3 is 18.9 Å². The SMILES string of the molecule is CC12C=CC=CC1N(c1ccc(N(c3c#cc(Cn4c5ccccc5c5ccccc54)cc3)c3ccc(-n4c5ccccc5c5ccccc54)cc3)cc1)c1ccccc12. The van der Waals surface area contributed by atoms with Crippen molar-refractivity contribution in [3.8, 4) is 5.69 Å². The maximum Gasteiger partial charge on any atom is 0.0973 e. The first-order valence-corrected chi connectivity index (χ1v) is 20.8. The van der Waals surface area contributed by atoms with Gasteiger partial charge in [-0.15, -0.1) is 0 Å². The summed E-state index contributed by atoms with van der Waals surface area (Å²) in [6, 6.07) is 73.3. The zero-order chi connectivity index (χ0) is 39.8. The Labute approximate surface area is 349 Å². The van der Waals surface area contributed by atoms with Gasteiger partial charge in [0.15, 0.2) is 0 Å². The highest BCUT2D eigenvalue weighted by molar-refractivity contribution is 6.09. The number of hydrogen-bond acceptors (Lipinski definition) is 2. The number of para-hydroxylation sites is 5. The van der Waals surface area contributed by atoms with Crippen molar-refractivity contribution < 1.29 is 0 Å². The highest BCUT2D eigenvalue weighted by atomic mass is 15.2. The van der Waals surface area contributed by atoms with E-state index in [1.807, 2.05) is 0 Å². The Bertz CT molecular complexity index is 3200. The summed E-state index contributed by atoms with van der Waals surface area (Å²) in [6.45, 7) is 3.06. The predicted molar refractivity (Wildman–Crippen MR) is 250 cm³/mol. The molecule has 3 heterocycles. The van der Waals surface area contributed by atoms with Gasteiger partial charge in [-0.05, 0) is 110 Å². The predicted octanol–water partition coefficient (Wildman–Crippen LogP) is 13.9. The van der Waals surface area contributed by atoms with Crippen LogP contribution in [0.3, 0.4) is 0 Å². The van der Waals surface area contributed by atoms with Gasteiger partial charge in [0.1, 0.15) is 0 Å². The summed E-state index contributed by atoms with van der Waals surface area (Å²) in [7, 11) is 0. The van der Waals surface area contributed by atoms with Crippen molar-refractivity contribution in [2.24, 2.45) is 0 Å². The third-order valence-corrected chi connectivity index (χ3v) is 12.9. The normalized spacial score (nSPS) is 16.8. The third kappa shape index (κ3) is 5.19. The third-order valence-electron chi connectivity index (χ3n) is 12.9. The number of nitrogens with zero attached hydrogens (tertiary/aromatic N) is 4. The molecule has 4 nitrogen and oxygen atoms in total.